The molecule has 0 aromatic rings. The number of hydrogen-bond acceptors (Lipinski definition) is 2. The Morgan fingerprint density at radius 3 is 2.42 bits per heavy atom. The van der Waals surface area contributed by atoms with E-state index < -0.39 is 0 Å². The summed E-state index contributed by atoms with van der Waals surface area (Å²) in [5.74, 6) is 0.969. The highest BCUT2D eigenvalue weighted by atomic mass is 15.2. The molecule has 2 aliphatic rings. The summed E-state index contributed by atoms with van der Waals surface area (Å²) in [4.78, 5) is 2.80. The fourth-order valence-corrected chi connectivity index (χ4v) is 4.01. The second-order valence-corrected chi connectivity index (χ2v) is 6.92. The molecule has 1 saturated carbocycles. The van der Waals surface area contributed by atoms with E-state index in [9.17, 15) is 0 Å². The van der Waals surface area contributed by atoms with Gasteiger partial charge < -0.3 is 10.2 Å². The molecule has 0 aromatic heterocycles. The molecule has 0 radical (unpaired) electrons. The van der Waals surface area contributed by atoms with Gasteiger partial charge in [0.2, 0.25) is 0 Å². The summed E-state index contributed by atoms with van der Waals surface area (Å²) in [6.07, 6.45) is 11.3. The molecule has 1 heterocycles. The lowest BCUT2D eigenvalue weighted by atomic mass is 9.83. The van der Waals surface area contributed by atoms with Gasteiger partial charge in [0.1, 0.15) is 0 Å². The maximum Gasteiger partial charge on any atom is 0.00952 e. The predicted molar refractivity (Wildman–Crippen MR) is 83.5 cm³/mol. The second kappa shape index (κ2) is 7.64. The summed E-state index contributed by atoms with van der Waals surface area (Å²) in [6.45, 7) is 9.77. The summed E-state index contributed by atoms with van der Waals surface area (Å²) < 4.78 is 0. The summed E-state index contributed by atoms with van der Waals surface area (Å²) >= 11 is 0. The molecule has 2 rings (SSSR count). The first-order valence-corrected chi connectivity index (χ1v) is 8.70. The van der Waals surface area contributed by atoms with Gasteiger partial charge in [-0.15, -0.1) is 0 Å². The minimum absolute atomic E-state index is 0.686. The van der Waals surface area contributed by atoms with Crippen molar-refractivity contribution in [2.45, 2.75) is 90.3 Å². The second-order valence-electron chi connectivity index (χ2n) is 6.92. The van der Waals surface area contributed by atoms with Crippen LogP contribution >= 0.6 is 0 Å². The highest BCUT2D eigenvalue weighted by Crippen LogP contribution is 2.29. The zero-order chi connectivity index (χ0) is 13.7. The Morgan fingerprint density at radius 1 is 1.05 bits per heavy atom. The predicted octanol–water partition coefficient (Wildman–Crippen LogP) is 3.81. The van der Waals surface area contributed by atoms with E-state index in [0.717, 1.165) is 18.0 Å². The SMILES string of the molecule is CCC1CCN(C(C)C2CCCCC2)CCC(C)N1. The highest BCUT2D eigenvalue weighted by Gasteiger charge is 2.27. The Morgan fingerprint density at radius 2 is 1.74 bits per heavy atom. The van der Waals surface area contributed by atoms with Gasteiger partial charge in [-0.2, -0.15) is 0 Å². The molecular formula is C17H34N2. The largest absolute Gasteiger partial charge is 0.311 e. The topological polar surface area (TPSA) is 15.3 Å². The van der Waals surface area contributed by atoms with Crippen molar-refractivity contribution in [2.24, 2.45) is 5.92 Å². The highest BCUT2D eigenvalue weighted by molar-refractivity contribution is 4.83. The summed E-state index contributed by atoms with van der Waals surface area (Å²) in [6, 6.07) is 2.23. The van der Waals surface area contributed by atoms with Crippen molar-refractivity contribution in [3.05, 3.63) is 0 Å². The zero-order valence-corrected chi connectivity index (χ0v) is 13.3. The van der Waals surface area contributed by atoms with Crippen LogP contribution in [-0.2, 0) is 0 Å². The minimum Gasteiger partial charge on any atom is -0.311 e. The van der Waals surface area contributed by atoms with Crippen molar-refractivity contribution in [2.75, 3.05) is 13.1 Å². The van der Waals surface area contributed by atoms with Crippen LogP contribution in [0, 0.1) is 5.92 Å². The zero-order valence-electron chi connectivity index (χ0n) is 13.3. The van der Waals surface area contributed by atoms with E-state index in [-0.39, 0.29) is 0 Å². The van der Waals surface area contributed by atoms with E-state index in [1.165, 1.54) is 64.5 Å². The summed E-state index contributed by atoms with van der Waals surface area (Å²) in [5, 5.41) is 3.78. The third kappa shape index (κ3) is 4.46. The van der Waals surface area contributed by atoms with Crippen molar-refractivity contribution in [1.82, 2.24) is 10.2 Å². The van der Waals surface area contributed by atoms with Gasteiger partial charge in [-0.25, -0.2) is 0 Å². The van der Waals surface area contributed by atoms with Crippen molar-refractivity contribution in [3.63, 3.8) is 0 Å². The van der Waals surface area contributed by atoms with E-state index in [0.29, 0.717) is 6.04 Å². The Balaban J connectivity index is 1.89. The van der Waals surface area contributed by atoms with Crippen LogP contribution in [-0.4, -0.2) is 36.1 Å². The Bertz CT molecular complexity index is 248. The molecule has 1 saturated heterocycles. The molecule has 3 atom stereocenters. The maximum atomic E-state index is 3.78. The van der Waals surface area contributed by atoms with Crippen molar-refractivity contribution < 1.29 is 0 Å². The van der Waals surface area contributed by atoms with Crippen LogP contribution in [0.3, 0.4) is 0 Å². The molecule has 0 aromatic carbocycles. The number of nitrogens with zero attached hydrogens (tertiary/aromatic N) is 1. The molecule has 19 heavy (non-hydrogen) atoms. The fourth-order valence-electron chi connectivity index (χ4n) is 4.01. The molecule has 1 aliphatic heterocycles. The molecule has 0 bridgehead atoms. The van der Waals surface area contributed by atoms with Crippen LogP contribution in [0.1, 0.15) is 72.1 Å². The minimum atomic E-state index is 0.686. The number of nitrogens with one attached hydrogen (secondary N) is 1. The molecule has 2 nitrogen and oxygen atoms in total. The smallest absolute Gasteiger partial charge is 0.00952 e. The van der Waals surface area contributed by atoms with Gasteiger partial charge in [-0.1, -0.05) is 26.2 Å². The normalized spacial score (nSPS) is 33.6. The van der Waals surface area contributed by atoms with Crippen LogP contribution in [0.15, 0.2) is 0 Å². The van der Waals surface area contributed by atoms with E-state index in [4.69, 9.17) is 0 Å². The van der Waals surface area contributed by atoms with E-state index >= 15 is 0 Å². The van der Waals surface area contributed by atoms with E-state index in [2.05, 4.69) is 31.0 Å². The average Bonchev–Trinajstić information content (AvgIpc) is 2.43. The standard InChI is InChI=1S/C17H34N2/c1-4-17-11-13-19(12-10-14(2)18-17)15(3)16-8-6-5-7-9-16/h14-18H,4-13H2,1-3H3. The first-order chi connectivity index (χ1) is 9.20. The molecule has 112 valence electrons. The molecule has 3 unspecified atom stereocenters. The van der Waals surface area contributed by atoms with Crippen molar-refractivity contribution in [3.8, 4) is 0 Å². The van der Waals surface area contributed by atoms with Gasteiger partial charge in [-0.3, -0.25) is 0 Å². The van der Waals surface area contributed by atoms with Gasteiger partial charge in [0.25, 0.3) is 0 Å². The first kappa shape index (κ1) is 15.3. The summed E-state index contributed by atoms with van der Waals surface area (Å²) in [5.41, 5.74) is 0. The lowest BCUT2D eigenvalue weighted by molar-refractivity contribution is 0.109. The van der Waals surface area contributed by atoms with Gasteiger partial charge in [-0.05, 0) is 65.0 Å². The van der Waals surface area contributed by atoms with Crippen molar-refractivity contribution in [1.29, 1.82) is 0 Å². The lowest BCUT2D eigenvalue weighted by Crippen LogP contribution is -2.48. The molecule has 1 aliphatic carbocycles. The lowest BCUT2D eigenvalue weighted by Gasteiger charge is -2.40. The van der Waals surface area contributed by atoms with Gasteiger partial charge in [0, 0.05) is 18.1 Å². The van der Waals surface area contributed by atoms with Crippen molar-refractivity contribution >= 4 is 0 Å². The fraction of sp³-hybridized carbons (Fsp3) is 1.00. The average molecular weight is 266 g/mol. The number of rotatable bonds is 3. The molecule has 2 heteroatoms. The molecule has 0 amide bonds. The van der Waals surface area contributed by atoms with Crippen LogP contribution in [0.4, 0.5) is 0 Å². The number of hydrogen-bond donors (Lipinski definition) is 1. The molecule has 2 fully saturated rings. The van der Waals surface area contributed by atoms with Gasteiger partial charge >= 0.3 is 0 Å². The van der Waals surface area contributed by atoms with Crippen LogP contribution in [0.5, 0.6) is 0 Å². The molecular weight excluding hydrogens is 232 g/mol. The van der Waals surface area contributed by atoms with E-state index in [1.807, 2.05) is 0 Å². The van der Waals surface area contributed by atoms with Gasteiger partial charge in [0.05, 0.1) is 0 Å². The quantitative estimate of drug-likeness (QED) is 0.835. The monoisotopic (exact) mass is 266 g/mol. The Kier molecular flexibility index (Phi) is 6.15. The Labute approximate surface area is 120 Å². The Hall–Kier alpha value is -0.0800. The molecule has 1 N–H and O–H groups in total. The van der Waals surface area contributed by atoms with Crippen LogP contribution < -0.4 is 5.32 Å². The maximum absolute atomic E-state index is 3.78. The van der Waals surface area contributed by atoms with Gasteiger partial charge in [0.15, 0.2) is 0 Å². The van der Waals surface area contributed by atoms with Crippen LogP contribution in [0.25, 0.3) is 0 Å². The third-order valence-electron chi connectivity index (χ3n) is 5.54. The molecule has 0 spiro atoms. The third-order valence-corrected chi connectivity index (χ3v) is 5.54. The van der Waals surface area contributed by atoms with E-state index in [1.54, 1.807) is 0 Å². The summed E-state index contributed by atoms with van der Waals surface area (Å²) in [7, 11) is 0. The first-order valence-electron chi connectivity index (χ1n) is 8.70. The van der Waals surface area contributed by atoms with Crippen LogP contribution in [0.2, 0.25) is 0 Å².